The van der Waals surface area contributed by atoms with E-state index in [4.69, 9.17) is 5.11 Å². The highest BCUT2D eigenvalue weighted by molar-refractivity contribution is 5.66. The minimum Gasteiger partial charge on any atom is -0.481 e. The van der Waals surface area contributed by atoms with Crippen molar-refractivity contribution in [3.05, 3.63) is 0 Å². The molecule has 18 heavy (non-hydrogen) atoms. The molecular weight excluding hydrogens is 226 g/mol. The van der Waals surface area contributed by atoms with Crippen LogP contribution in [0.3, 0.4) is 0 Å². The first-order valence-corrected chi connectivity index (χ1v) is 6.92. The quantitative estimate of drug-likeness (QED) is 0.787. The van der Waals surface area contributed by atoms with E-state index in [0.29, 0.717) is 18.0 Å². The predicted molar refractivity (Wildman–Crippen MR) is 76.9 cm³/mol. The molecule has 108 valence electrons. The third-order valence-electron chi connectivity index (χ3n) is 3.27. The zero-order chi connectivity index (χ0) is 14.6. The van der Waals surface area contributed by atoms with Gasteiger partial charge in [-0.15, -0.1) is 0 Å². The Morgan fingerprint density at radius 3 is 2.00 bits per heavy atom. The van der Waals surface area contributed by atoms with Gasteiger partial charge in [-0.25, -0.2) is 0 Å². The Labute approximate surface area is 113 Å². The van der Waals surface area contributed by atoms with E-state index in [2.05, 4.69) is 53.4 Å². The van der Waals surface area contributed by atoms with Crippen molar-refractivity contribution in [2.24, 2.45) is 5.41 Å². The zero-order valence-electron chi connectivity index (χ0n) is 13.2. The molecule has 0 amide bonds. The van der Waals surface area contributed by atoms with Crippen LogP contribution in [0.5, 0.6) is 0 Å². The van der Waals surface area contributed by atoms with E-state index in [-0.39, 0.29) is 12.0 Å². The first-order valence-electron chi connectivity index (χ1n) is 6.92. The van der Waals surface area contributed by atoms with E-state index in [1.165, 1.54) is 0 Å². The summed E-state index contributed by atoms with van der Waals surface area (Å²) < 4.78 is 0. The average molecular weight is 257 g/mol. The van der Waals surface area contributed by atoms with Crippen molar-refractivity contribution in [1.29, 1.82) is 0 Å². The molecule has 0 aromatic heterocycles. The molecular formula is C15H31NO2. The monoisotopic (exact) mass is 257 g/mol. The molecule has 0 saturated carbocycles. The van der Waals surface area contributed by atoms with Crippen molar-refractivity contribution in [2.45, 2.75) is 79.3 Å². The van der Waals surface area contributed by atoms with Crippen LogP contribution in [0.15, 0.2) is 0 Å². The first-order chi connectivity index (χ1) is 7.93. The third kappa shape index (κ3) is 7.70. The minimum atomic E-state index is -0.715. The second-order valence-electron chi connectivity index (χ2n) is 7.46. The number of rotatable bonds is 6. The lowest BCUT2D eigenvalue weighted by molar-refractivity contribution is -0.137. The molecule has 0 aromatic rings. The van der Waals surface area contributed by atoms with Crippen LogP contribution in [0.4, 0.5) is 0 Å². The van der Waals surface area contributed by atoms with Crippen molar-refractivity contribution >= 4 is 5.97 Å². The lowest BCUT2D eigenvalue weighted by Crippen LogP contribution is -2.48. The van der Waals surface area contributed by atoms with E-state index < -0.39 is 5.97 Å². The van der Waals surface area contributed by atoms with Crippen molar-refractivity contribution in [1.82, 2.24) is 4.90 Å². The van der Waals surface area contributed by atoms with Crippen molar-refractivity contribution < 1.29 is 9.90 Å². The summed E-state index contributed by atoms with van der Waals surface area (Å²) in [5.41, 5.74) is 0.358. The van der Waals surface area contributed by atoms with Crippen LogP contribution in [0, 0.1) is 5.41 Å². The summed E-state index contributed by atoms with van der Waals surface area (Å²) in [6, 6.07) is 0.420. The maximum absolute atomic E-state index is 10.7. The molecule has 0 aliphatic heterocycles. The Morgan fingerprint density at radius 1 is 1.17 bits per heavy atom. The largest absolute Gasteiger partial charge is 0.481 e. The summed E-state index contributed by atoms with van der Waals surface area (Å²) in [6.07, 6.45) is 2.49. The number of aliphatic carboxylic acids is 1. The molecule has 0 heterocycles. The van der Waals surface area contributed by atoms with Gasteiger partial charge < -0.3 is 5.11 Å². The number of carboxylic acids is 1. The highest BCUT2D eigenvalue weighted by Gasteiger charge is 2.27. The Kier molecular flexibility index (Phi) is 6.35. The number of hydrogen-bond acceptors (Lipinski definition) is 2. The van der Waals surface area contributed by atoms with Gasteiger partial charge in [0.25, 0.3) is 0 Å². The molecule has 1 atom stereocenters. The van der Waals surface area contributed by atoms with E-state index in [0.717, 1.165) is 12.8 Å². The number of hydrogen-bond donors (Lipinski definition) is 1. The molecule has 3 heteroatoms. The fourth-order valence-electron chi connectivity index (χ4n) is 2.23. The molecule has 0 radical (unpaired) electrons. The molecule has 0 aromatic carbocycles. The van der Waals surface area contributed by atoms with E-state index in [9.17, 15) is 4.79 Å². The standard InChI is InChI=1S/C15H31NO2/c1-12(8-10-14(2,3)4)16(15(5,6)7)11-9-13(17)18/h12H,8-11H2,1-7H3,(H,17,18). The Morgan fingerprint density at radius 2 is 1.67 bits per heavy atom. The van der Waals surface area contributed by atoms with Gasteiger partial charge >= 0.3 is 5.97 Å². The maximum atomic E-state index is 10.7. The third-order valence-corrected chi connectivity index (χ3v) is 3.27. The lowest BCUT2D eigenvalue weighted by Gasteiger charge is -2.41. The Bertz CT molecular complexity index is 261. The number of carbonyl (C=O) groups is 1. The summed E-state index contributed by atoms with van der Waals surface area (Å²) in [7, 11) is 0. The minimum absolute atomic E-state index is 0.0206. The molecule has 1 N–H and O–H groups in total. The van der Waals surface area contributed by atoms with Gasteiger partial charge in [0, 0.05) is 18.1 Å². The van der Waals surface area contributed by atoms with Crippen LogP contribution < -0.4 is 0 Å². The SMILES string of the molecule is CC(CCC(C)(C)C)N(CCC(=O)O)C(C)(C)C. The van der Waals surface area contributed by atoms with Gasteiger partial charge in [0.15, 0.2) is 0 Å². The fraction of sp³-hybridized carbons (Fsp3) is 0.933. The molecule has 0 saturated heterocycles. The summed E-state index contributed by atoms with van der Waals surface area (Å²) in [6.45, 7) is 16.0. The molecule has 0 aliphatic carbocycles. The Balaban J connectivity index is 4.51. The van der Waals surface area contributed by atoms with Gasteiger partial charge in [-0.3, -0.25) is 9.69 Å². The normalized spacial score (nSPS) is 14.9. The maximum Gasteiger partial charge on any atom is 0.304 e. The second-order valence-corrected chi connectivity index (χ2v) is 7.46. The second kappa shape index (κ2) is 6.55. The molecule has 0 aliphatic rings. The lowest BCUT2D eigenvalue weighted by atomic mass is 9.88. The van der Waals surface area contributed by atoms with Gasteiger partial charge in [0.1, 0.15) is 0 Å². The van der Waals surface area contributed by atoms with Gasteiger partial charge in [0.2, 0.25) is 0 Å². The molecule has 0 bridgehead atoms. The molecule has 0 fully saturated rings. The molecule has 3 nitrogen and oxygen atoms in total. The molecule has 0 spiro atoms. The summed E-state index contributed by atoms with van der Waals surface area (Å²) in [4.78, 5) is 13.1. The van der Waals surface area contributed by atoms with Crippen LogP contribution >= 0.6 is 0 Å². The van der Waals surface area contributed by atoms with E-state index in [1.54, 1.807) is 0 Å². The van der Waals surface area contributed by atoms with Crippen LogP contribution in [0.1, 0.15) is 67.7 Å². The molecule has 1 unspecified atom stereocenters. The van der Waals surface area contributed by atoms with Crippen molar-refractivity contribution in [3.8, 4) is 0 Å². The van der Waals surface area contributed by atoms with Crippen LogP contribution in [0.25, 0.3) is 0 Å². The van der Waals surface area contributed by atoms with E-state index >= 15 is 0 Å². The number of carboxylic acid groups (broad SMARTS) is 1. The topological polar surface area (TPSA) is 40.5 Å². The van der Waals surface area contributed by atoms with Gasteiger partial charge in [-0.1, -0.05) is 20.8 Å². The van der Waals surface area contributed by atoms with Crippen molar-refractivity contribution in [3.63, 3.8) is 0 Å². The van der Waals surface area contributed by atoms with Crippen LogP contribution in [-0.2, 0) is 4.79 Å². The first kappa shape index (κ1) is 17.4. The number of nitrogens with zero attached hydrogens (tertiary/aromatic N) is 1. The van der Waals surface area contributed by atoms with Crippen LogP contribution in [-0.4, -0.2) is 34.1 Å². The summed E-state index contributed by atoms with van der Waals surface area (Å²) in [5.74, 6) is -0.715. The van der Waals surface area contributed by atoms with Gasteiger partial charge in [-0.05, 0) is 46.0 Å². The van der Waals surface area contributed by atoms with Gasteiger partial charge in [-0.2, -0.15) is 0 Å². The fourth-order valence-corrected chi connectivity index (χ4v) is 2.23. The highest BCUT2D eigenvalue weighted by atomic mass is 16.4. The predicted octanol–water partition coefficient (Wildman–Crippen LogP) is 3.78. The summed E-state index contributed by atoms with van der Waals surface area (Å²) in [5, 5.41) is 8.84. The van der Waals surface area contributed by atoms with Crippen molar-refractivity contribution in [2.75, 3.05) is 6.54 Å². The average Bonchev–Trinajstić information content (AvgIpc) is 2.11. The van der Waals surface area contributed by atoms with Crippen LogP contribution in [0.2, 0.25) is 0 Å². The Hall–Kier alpha value is -0.570. The van der Waals surface area contributed by atoms with Gasteiger partial charge in [0.05, 0.1) is 6.42 Å². The smallest absolute Gasteiger partial charge is 0.304 e. The summed E-state index contributed by atoms with van der Waals surface area (Å²) >= 11 is 0. The van der Waals surface area contributed by atoms with E-state index in [1.807, 2.05) is 0 Å². The molecule has 0 rings (SSSR count). The zero-order valence-corrected chi connectivity index (χ0v) is 13.2. The highest BCUT2D eigenvalue weighted by Crippen LogP contribution is 2.26.